The van der Waals surface area contributed by atoms with Crippen molar-refractivity contribution in [2.24, 2.45) is 0 Å². The molecule has 0 aliphatic carbocycles. The predicted octanol–water partition coefficient (Wildman–Crippen LogP) is 3.57. The Bertz CT molecular complexity index is 860. The van der Waals surface area contributed by atoms with Crippen LogP contribution in [0.15, 0.2) is 42.5 Å². The summed E-state index contributed by atoms with van der Waals surface area (Å²) >= 11 is 0. The molecule has 9 heteroatoms. The van der Waals surface area contributed by atoms with Crippen LogP contribution in [0.5, 0.6) is 0 Å². The molecule has 6 nitrogen and oxygen atoms in total. The van der Waals surface area contributed by atoms with Gasteiger partial charge >= 0.3 is 12.1 Å². The first-order chi connectivity index (χ1) is 12.1. The summed E-state index contributed by atoms with van der Waals surface area (Å²) in [5, 5.41) is 11.1. The fourth-order valence-corrected chi connectivity index (χ4v) is 2.30. The molecule has 0 N–H and O–H groups in total. The lowest BCUT2D eigenvalue weighted by atomic mass is 9.98. The number of nitro benzene ring substituents is 1. The average Bonchev–Trinajstić information content (AvgIpc) is 2.60. The van der Waals surface area contributed by atoms with Gasteiger partial charge in [0.25, 0.3) is 5.69 Å². The summed E-state index contributed by atoms with van der Waals surface area (Å²) in [4.78, 5) is 33.3. The van der Waals surface area contributed by atoms with Gasteiger partial charge in [-0.05, 0) is 35.4 Å². The van der Waals surface area contributed by atoms with E-state index in [0.29, 0.717) is 11.1 Å². The van der Waals surface area contributed by atoms with Gasteiger partial charge in [0.15, 0.2) is 0 Å². The number of alkyl halides is 3. The second-order valence-corrected chi connectivity index (χ2v) is 5.27. The Kier molecular flexibility index (Phi) is 5.39. The SMILES string of the molecule is COC(=O)C(=O)Cc1cc(-c2ccc(C(F)(F)F)cc2)ccc1[N+](=O)[O-]. The fourth-order valence-electron chi connectivity index (χ4n) is 2.30. The zero-order chi connectivity index (χ0) is 19.5. The van der Waals surface area contributed by atoms with Crippen molar-refractivity contribution in [2.45, 2.75) is 12.6 Å². The van der Waals surface area contributed by atoms with Crippen LogP contribution in [0.25, 0.3) is 11.1 Å². The van der Waals surface area contributed by atoms with E-state index in [2.05, 4.69) is 4.74 Å². The Morgan fingerprint density at radius 3 is 2.15 bits per heavy atom. The monoisotopic (exact) mass is 367 g/mol. The molecule has 0 bridgehead atoms. The fraction of sp³-hybridized carbons (Fsp3) is 0.176. The van der Waals surface area contributed by atoms with E-state index >= 15 is 0 Å². The van der Waals surface area contributed by atoms with Crippen LogP contribution in [0.1, 0.15) is 11.1 Å². The predicted molar refractivity (Wildman–Crippen MR) is 84.3 cm³/mol. The minimum absolute atomic E-state index is 0.0391. The molecule has 26 heavy (non-hydrogen) atoms. The summed E-state index contributed by atoms with van der Waals surface area (Å²) < 4.78 is 42.2. The van der Waals surface area contributed by atoms with Crippen LogP contribution in [0.3, 0.4) is 0 Å². The van der Waals surface area contributed by atoms with Crippen LogP contribution >= 0.6 is 0 Å². The number of nitrogens with zero attached hydrogens (tertiary/aromatic N) is 1. The van der Waals surface area contributed by atoms with Gasteiger partial charge in [0.05, 0.1) is 17.6 Å². The van der Waals surface area contributed by atoms with E-state index < -0.39 is 34.8 Å². The van der Waals surface area contributed by atoms with E-state index in [0.717, 1.165) is 25.3 Å². The van der Waals surface area contributed by atoms with Gasteiger partial charge in [0.2, 0.25) is 5.78 Å². The Morgan fingerprint density at radius 1 is 1.08 bits per heavy atom. The number of Topliss-reactive ketones (excluding diaryl/α,β-unsaturated/α-hetero) is 1. The molecule has 0 unspecified atom stereocenters. The van der Waals surface area contributed by atoms with Crippen molar-refractivity contribution >= 4 is 17.4 Å². The summed E-state index contributed by atoms with van der Waals surface area (Å²) in [6, 6.07) is 7.99. The maximum atomic E-state index is 12.6. The number of hydrogen-bond donors (Lipinski definition) is 0. The topological polar surface area (TPSA) is 86.5 Å². The summed E-state index contributed by atoms with van der Waals surface area (Å²) in [6.45, 7) is 0. The number of ether oxygens (including phenoxy) is 1. The lowest BCUT2D eigenvalue weighted by Gasteiger charge is -2.09. The van der Waals surface area contributed by atoms with Crippen LogP contribution in [0.2, 0.25) is 0 Å². The molecule has 0 heterocycles. The molecule has 0 saturated heterocycles. The highest BCUT2D eigenvalue weighted by molar-refractivity contribution is 6.34. The van der Waals surface area contributed by atoms with E-state index in [1.54, 1.807) is 0 Å². The average molecular weight is 367 g/mol. The molecule has 0 radical (unpaired) electrons. The number of carbonyl (C=O) groups excluding carboxylic acids is 2. The smallest absolute Gasteiger partial charge is 0.416 e. The zero-order valence-electron chi connectivity index (χ0n) is 13.4. The number of benzene rings is 2. The van der Waals surface area contributed by atoms with E-state index in [4.69, 9.17) is 0 Å². The first-order valence-electron chi connectivity index (χ1n) is 7.19. The number of esters is 1. The Balaban J connectivity index is 2.42. The summed E-state index contributed by atoms with van der Waals surface area (Å²) in [6.07, 6.45) is -5.04. The molecule has 0 aliphatic heterocycles. The third kappa shape index (κ3) is 4.24. The second-order valence-electron chi connectivity index (χ2n) is 5.27. The minimum Gasteiger partial charge on any atom is -0.463 e. The van der Waals surface area contributed by atoms with Crippen molar-refractivity contribution in [3.63, 3.8) is 0 Å². The highest BCUT2D eigenvalue weighted by Gasteiger charge is 2.30. The van der Waals surface area contributed by atoms with Crippen molar-refractivity contribution in [3.05, 3.63) is 63.7 Å². The zero-order valence-corrected chi connectivity index (χ0v) is 13.4. The lowest BCUT2D eigenvalue weighted by molar-refractivity contribution is -0.385. The van der Waals surface area contributed by atoms with E-state index in [9.17, 15) is 32.9 Å². The molecule has 0 aromatic heterocycles. The quantitative estimate of drug-likeness (QED) is 0.349. The molecule has 2 aromatic carbocycles. The van der Waals surface area contributed by atoms with Crippen molar-refractivity contribution in [1.29, 1.82) is 0 Å². The standard InChI is InChI=1S/C17H12F3NO5/c1-26-16(23)15(22)9-12-8-11(4-7-14(12)21(24)25)10-2-5-13(6-3-10)17(18,19)20/h2-8H,9H2,1H3. The number of carbonyl (C=O) groups is 2. The number of methoxy groups -OCH3 is 1. The normalized spacial score (nSPS) is 11.1. The van der Waals surface area contributed by atoms with Crippen LogP contribution in [0, 0.1) is 10.1 Å². The summed E-state index contributed by atoms with van der Waals surface area (Å²) in [5.41, 5.74) is -0.498. The highest BCUT2D eigenvalue weighted by atomic mass is 19.4. The minimum atomic E-state index is -4.48. The molecular weight excluding hydrogens is 355 g/mol. The van der Waals surface area contributed by atoms with Gasteiger partial charge in [0, 0.05) is 18.1 Å². The summed E-state index contributed by atoms with van der Waals surface area (Å²) in [5.74, 6) is -2.11. The number of nitro groups is 1. The number of rotatable bonds is 5. The van der Waals surface area contributed by atoms with Gasteiger partial charge in [-0.15, -0.1) is 0 Å². The Morgan fingerprint density at radius 2 is 1.65 bits per heavy atom. The van der Waals surface area contributed by atoms with Crippen molar-refractivity contribution in [2.75, 3.05) is 7.11 Å². The number of ketones is 1. The molecule has 0 amide bonds. The summed E-state index contributed by atoms with van der Waals surface area (Å²) in [7, 11) is 1.01. The van der Waals surface area contributed by atoms with E-state index in [1.165, 1.54) is 24.3 Å². The van der Waals surface area contributed by atoms with Gasteiger partial charge in [-0.3, -0.25) is 14.9 Å². The Labute approximate surface area is 145 Å². The van der Waals surface area contributed by atoms with Gasteiger partial charge in [-0.1, -0.05) is 12.1 Å². The number of halogens is 3. The molecule has 0 fully saturated rings. The van der Waals surface area contributed by atoms with Crippen LogP contribution in [-0.2, 0) is 26.9 Å². The van der Waals surface area contributed by atoms with Crippen LogP contribution < -0.4 is 0 Å². The van der Waals surface area contributed by atoms with Crippen molar-refractivity contribution in [3.8, 4) is 11.1 Å². The first kappa shape index (κ1) is 19.1. The molecule has 2 rings (SSSR count). The maximum absolute atomic E-state index is 12.6. The van der Waals surface area contributed by atoms with Gasteiger partial charge in [-0.25, -0.2) is 4.79 Å². The largest absolute Gasteiger partial charge is 0.463 e. The molecular formula is C17H12F3NO5. The molecule has 0 spiro atoms. The van der Waals surface area contributed by atoms with Crippen LogP contribution in [-0.4, -0.2) is 23.8 Å². The third-order valence-corrected chi connectivity index (χ3v) is 3.59. The molecule has 0 saturated carbocycles. The molecule has 0 atom stereocenters. The van der Waals surface area contributed by atoms with Gasteiger partial charge in [0.1, 0.15) is 0 Å². The molecule has 2 aromatic rings. The van der Waals surface area contributed by atoms with E-state index in [1.807, 2.05) is 0 Å². The van der Waals surface area contributed by atoms with Gasteiger partial charge in [-0.2, -0.15) is 13.2 Å². The lowest BCUT2D eigenvalue weighted by Crippen LogP contribution is -2.18. The van der Waals surface area contributed by atoms with Crippen LogP contribution in [0.4, 0.5) is 18.9 Å². The molecule has 0 aliphatic rings. The van der Waals surface area contributed by atoms with Crippen molar-refractivity contribution in [1.82, 2.24) is 0 Å². The third-order valence-electron chi connectivity index (χ3n) is 3.59. The highest BCUT2D eigenvalue weighted by Crippen LogP contribution is 2.32. The van der Waals surface area contributed by atoms with Crippen molar-refractivity contribution < 1.29 is 32.4 Å². The molecule has 136 valence electrons. The first-order valence-corrected chi connectivity index (χ1v) is 7.19. The Hall–Kier alpha value is -3.23. The maximum Gasteiger partial charge on any atom is 0.416 e. The second kappa shape index (κ2) is 7.34. The van der Waals surface area contributed by atoms with E-state index in [-0.39, 0.29) is 11.3 Å². The van der Waals surface area contributed by atoms with Gasteiger partial charge < -0.3 is 4.74 Å². The number of hydrogen-bond acceptors (Lipinski definition) is 5.